The zero-order valence-corrected chi connectivity index (χ0v) is 17.1. The first-order valence-electron chi connectivity index (χ1n) is 9.71. The van der Waals surface area contributed by atoms with Gasteiger partial charge in [-0.1, -0.05) is 6.07 Å². The van der Waals surface area contributed by atoms with Crippen LogP contribution in [-0.4, -0.2) is 55.6 Å². The van der Waals surface area contributed by atoms with Gasteiger partial charge in [0.05, 0.1) is 11.2 Å². The number of piperazine rings is 1. The van der Waals surface area contributed by atoms with Gasteiger partial charge in [0.2, 0.25) is 0 Å². The average molecular weight is 427 g/mol. The summed E-state index contributed by atoms with van der Waals surface area (Å²) in [4.78, 5) is 18.4. The lowest BCUT2D eigenvalue weighted by atomic mass is 10.2. The molecule has 1 fully saturated rings. The quantitative estimate of drug-likeness (QED) is 0.651. The van der Waals surface area contributed by atoms with E-state index in [9.17, 15) is 13.2 Å². The van der Waals surface area contributed by atoms with Crippen LogP contribution in [0.4, 0.5) is 11.4 Å². The van der Waals surface area contributed by atoms with E-state index in [0.717, 1.165) is 25.3 Å². The summed E-state index contributed by atoms with van der Waals surface area (Å²) >= 11 is 0. The molecule has 2 N–H and O–H groups in total. The molecule has 2 aliphatic heterocycles. The number of fused-ring (bicyclic) bond motifs is 2. The second-order valence-electron chi connectivity index (χ2n) is 7.45. The minimum atomic E-state index is -4.02. The number of anilines is 2. The summed E-state index contributed by atoms with van der Waals surface area (Å²) in [6.45, 7) is 4.26. The fourth-order valence-electron chi connectivity index (χ4n) is 3.99. The van der Waals surface area contributed by atoms with E-state index in [1.54, 1.807) is 36.7 Å². The van der Waals surface area contributed by atoms with Crippen molar-refractivity contribution in [3.63, 3.8) is 0 Å². The van der Waals surface area contributed by atoms with Crippen molar-refractivity contribution in [2.24, 2.45) is 0 Å². The predicted molar refractivity (Wildman–Crippen MR) is 113 cm³/mol. The molecule has 3 aromatic rings. The standard InChI is InChI=1S/C20H21N5O4S/c1-13-10-24(9-8-21-13)15-11-25(14-4-3-7-22-19(14)15)30(27,28)17-6-2-5-16-20(17)23-18(26)12-29-16/h2-7,11,13,21H,8-10,12H2,1H3,(H,23,26)/t13-/m0/s1. The van der Waals surface area contributed by atoms with Gasteiger partial charge in [0.25, 0.3) is 15.9 Å². The molecule has 9 nitrogen and oxygen atoms in total. The molecule has 1 amide bonds. The molecule has 30 heavy (non-hydrogen) atoms. The first kappa shape index (κ1) is 18.9. The minimum absolute atomic E-state index is 0.0194. The van der Waals surface area contributed by atoms with Gasteiger partial charge in [0.1, 0.15) is 21.8 Å². The Kier molecular flexibility index (Phi) is 4.40. The van der Waals surface area contributed by atoms with Gasteiger partial charge in [-0.15, -0.1) is 0 Å². The first-order valence-corrected chi connectivity index (χ1v) is 11.1. The number of amides is 1. The SMILES string of the molecule is C[C@H]1CN(c2cn(S(=O)(=O)c3cccc4c3NC(=O)CO4)c3cccnc23)CCN1. The van der Waals surface area contributed by atoms with Crippen LogP contribution in [0.2, 0.25) is 0 Å². The molecular formula is C20H21N5O4S. The lowest BCUT2D eigenvalue weighted by Gasteiger charge is -2.32. The topological polar surface area (TPSA) is 106 Å². The molecule has 0 bridgehead atoms. The van der Waals surface area contributed by atoms with E-state index in [0.29, 0.717) is 16.8 Å². The molecule has 0 aliphatic carbocycles. The van der Waals surface area contributed by atoms with E-state index in [4.69, 9.17) is 4.74 Å². The molecular weight excluding hydrogens is 406 g/mol. The lowest BCUT2D eigenvalue weighted by molar-refractivity contribution is -0.118. The molecule has 4 heterocycles. The predicted octanol–water partition coefficient (Wildman–Crippen LogP) is 1.40. The second kappa shape index (κ2) is 6.99. The Morgan fingerprint density at radius 3 is 2.93 bits per heavy atom. The van der Waals surface area contributed by atoms with E-state index in [1.165, 1.54) is 10.0 Å². The van der Waals surface area contributed by atoms with Crippen molar-refractivity contribution < 1.29 is 17.9 Å². The van der Waals surface area contributed by atoms with E-state index in [2.05, 4.69) is 27.4 Å². The lowest BCUT2D eigenvalue weighted by Crippen LogP contribution is -2.49. The van der Waals surface area contributed by atoms with Crippen LogP contribution in [0, 0.1) is 0 Å². The van der Waals surface area contributed by atoms with E-state index >= 15 is 0 Å². The van der Waals surface area contributed by atoms with Crippen LogP contribution >= 0.6 is 0 Å². The third-order valence-corrected chi connectivity index (χ3v) is 7.08. The number of ether oxygens (including phenoxy) is 1. The van der Waals surface area contributed by atoms with Crippen molar-refractivity contribution in [2.75, 3.05) is 36.5 Å². The highest BCUT2D eigenvalue weighted by Gasteiger charge is 2.30. The molecule has 1 aromatic carbocycles. The van der Waals surface area contributed by atoms with Crippen LogP contribution < -0.4 is 20.3 Å². The number of aromatic nitrogens is 2. The molecule has 2 aliphatic rings. The summed E-state index contributed by atoms with van der Waals surface area (Å²) in [5.41, 5.74) is 2.05. The van der Waals surface area contributed by atoms with Gasteiger partial charge in [-0.05, 0) is 31.2 Å². The first-order chi connectivity index (χ1) is 14.4. The summed E-state index contributed by atoms with van der Waals surface area (Å²) < 4.78 is 34.0. The monoisotopic (exact) mass is 427 g/mol. The Morgan fingerprint density at radius 2 is 2.10 bits per heavy atom. The van der Waals surface area contributed by atoms with Crippen molar-refractivity contribution in [3.05, 3.63) is 42.7 Å². The largest absolute Gasteiger partial charge is 0.482 e. The molecule has 156 valence electrons. The number of nitrogens with zero attached hydrogens (tertiary/aromatic N) is 3. The highest BCUT2D eigenvalue weighted by Crippen LogP contribution is 2.37. The van der Waals surface area contributed by atoms with Crippen LogP contribution in [0.25, 0.3) is 11.0 Å². The average Bonchev–Trinajstić information content (AvgIpc) is 3.14. The van der Waals surface area contributed by atoms with Gasteiger partial charge < -0.3 is 20.3 Å². The molecule has 0 radical (unpaired) electrons. The number of para-hydroxylation sites is 1. The van der Waals surface area contributed by atoms with Crippen molar-refractivity contribution in [1.82, 2.24) is 14.3 Å². The van der Waals surface area contributed by atoms with Crippen LogP contribution in [0.5, 0.6) is 5.75 Å². The van der Waals surface area contributed by atoms with Crippen molar-refractivity contribution >= 4 is 38.3 Å². The Bertz CT molecular complexity index is 1250. The van der Waals surface area contributed by atoms with E-state index in [-0.39, 0.29) is 29.1 Å². The van der Waals surface area contributed by atoms with Gasteiger partial charge in [0, 0.05) is 38.1 Å². The third kappa shape index (κ3) is 2.99. The van der Waals surface area contributed by atoms with Crippen molar-refractivity contribution in [1.29, 1.82) is 0 Å². The summed E-state index contributed by atoms with van der Waals surface area (Å²) in [5.74, 6) is -0.0545. The summed E-state index contributed by atoms with van der Waals surface area (Å²) in [6, 6.07) is 8.44. The smallest absolute Gasteiger partial charge is 0.270 e. The molecule has 0 spiro atoms. The van der Waals surface area contributed by atoms with Crippen LogP contribution in [0.15, 0.2) is 47.6 Å². The second-order valence-corrected chi connectivity index (χ2v) is 9.24. The van der Waals surface area contributed by atoms with Gasteiger partial charge in [-0.2, -0.15) is 0 Å². The third-order valence-electron chi connectivity index (χ3n) is 5.36. The Hall–Kier alpha value is -3.11. The molecule has 2 aromatic heterocycles. The molecule has 10 heteroatoms. The number of benzene rings is 1. The maximum atomic E-state index is 13.7. The highest BCUT2D eigenvalue weighted by molar-refractivity contribution is 7.90. The van der Waals surface area contributed by atoms with Gasteiger partial charge in [-0.3, -0.25) is 9.78 Å². The fourth-order valence-corrected chi connectivity index (χ4v) is 5.51. The number of hydrogen-bond acceptors (Lipinski definition) is 7. The number of carbonyl (C=O) groups excluding carboxylic acids is 1. The molecule has 1 atom stereocenters. The zero-order valence-electron chi connectivity index (χ0n) is 16.3. The van der Waals surface area contributed by atoms with Crippen LogP contribution in [-0.2, 0) is 14.8 Å². The van der Waals surface area contributed by atoms with E-state index < -0.39 is 10.0 Å². The Balaban J connectivity index is 1.68. The molecule has 0 saturated carbocycles. The van der Waals surface area contributed by atoms with Gasteiger partial charge in [-0.25, -0.2) is 12.4 Å². The number of carbonyl (C=O) groups is 1. The number of pyridine rings is 1. The number of hydrogen-bond donors (Lipinski definition) is 2. The summed E-state index contributed by atoms with van der Waals surface area (Å²) in [7, 11) is -4.02. The maximum absolute atomic E-state index is 13.7. The molecule has 5 rings (SSSR count). The highest BCUT2D eigenvalue weighted by atomic mass is 32.2. The van der Waals surface area contributed by atoms with Gasteiger partial charge in [0.15, 0.2) is 6.61 Å². The van der Waals surface area contributed by atoms with Crippen molar-refractivity contribution in [2.45, 2.75) is 17.9 Å². The maximum Gasteiger partial charge on any atom is 0.270 e. The van der Waals surface area contributed by atoms with Gasteiger partial charge >= 0.3 is 0 Å². The van der Waals surface area contributed by atoms with Crippen LogP contribution in [0.3, 0.4) is 0 Å². The summed E-state index contributed by atoms with van der Waals surface area (Å²) in [6.07, 6.45) is 3.28. The summed E-state index contributed by atoms with van der Waals surface area (Å²) in [5, 5.41) is 6.03. The number of nitrogens with one attached hydrogen (secondary N) is 2. The Morgan fingerprint density at radius 1 is 1.23 bits per heavy atom. The van der Waals surface area contributed by atoms with Crippen LogP contribution in [0.1, 0.15) is 6.92 Å². The zero-order chi connectivity index (χ0) is 20.9. The molecule has 0 unspecified atom stereocenters. The minimum Gasteiger partial charge on any atom is -0.482 e. The number of rotatable bonds is 3. The van der Waals surface area contributed by atoms with Crippen molar-refractivity contribution in [3.8, 4) is 5.75 Å². The normalized spacial score (nSPS) is 19.3. The Labute approximate surface area is 173 Å². The fraction of sp³-hybridized carbons (Fsp3) is 0.300. The van der Waals surface area contributed by atoms with E-state index in [1.807, 2.05) is 0 Å². The molecule has 1 saturated heterocycles.